The molecule has 4 rings (SSSR count). The lowest BCUT2D eigenvalue weighted by atomic mass is 10.1. The molecule has 138 valence electrons. The van der Waals surface area contributed by atoms with Gasteiger partial charge in [-0.25, -0.2) is 14.8 Å². The van der Waals surface area contributed by atoms with Crippen LogP contribution in [0.3, 0.4) is 0 Å². The summed E-state index contributed by atoms with van der Waals surface area (Å²) in [5.74, 6) is 1.26. The minimum Gasteiger partial charge on any atom is -0.372 e. The molecule has 0 bridgehead atoms. The molecule has 9 heteroatoms. The lowest BCUT2D eigenvalue weighted by Gasteiger charge is -2.28. The van der Waals surface area contributed by atoms with Gasteiger partial charge in [-0.05, 0) is 25.3 Å². The molecule has 26 heavy (non-hydrogen) atoms. The van der Waals surface area contributed by atoms with Gasteiger partial charge in [0.25, 0.3) is 0 Å². The van der Waals surface area contributed by atoms with Crippen LogP contribution in [0, 0.1) is 0 Å². The standard InChI is InChI=1S/C17H23N7O2/c1-18-17(25)21-15-10-12-11-23(7-8-24(12)22-15)16-19-6-5-13(20-16)14-4-2-3-9-26-14/h5-6,10,14H,2-4,7-9,11H2,1H3,(H2,18,21,22,25). The Morgan fingerprint density at radius 1 is 1.35 bits per heavy atom. The Hall–Kier alpha value is -2.68. The van der Waals surface area contributed by atoms with Crippen molar-refractivity contribution in [2.24, 2.45) is 0 Å². The Labute approximate surface area is 151 Å². The van der Waals surface area contributed by atoms with E-state index in [1.807, 2.05) is 16.8 Å². The second-order valence-corrected chi connectivity index (χ2v) is 6.51. The average molecular weight is 357 g/mol. The van der Waals surface area contributed by atoms with Crippen LogP contribution >= 0.6 is 0 Å². The zero-order chi connectivity index (χ0) is 17.9. The van der Waals surface area contributed by atoms with Gasteiger partial charge in [0, 0.05) is 32.5 Å². The second-order valence-electron chi connectivity index (χ2n) is 6.51. The number of hydrogen-bond donors (Lipinski definition) is 2. The van der Waals surface area contributed by atoms with Crippen molar-refractivity contribution in [1.82, 2.24) is 25.1 Å². The quantitative estimate of drug-likeness (QED) is 0.868. The van der Waals surface area contributed by atoms with Gasteiger partial charge in [-0.1, -0.05) is 0 Å². The minimum absolute atomic E-state index is 0.0733. The van der Waals surface area contributed by atoms with Gasteiger partial charge >= 0.3 is 6.03 Å². The number of carbonyl (C=O) groups excluding carboxylic acids is 1. The number of ether oxygens (including phenoxy) is 1. The lowest BCUT2D eigenvalue weighted by Crippen LogP contribution is -2.35. The Morgan fingerprint density at radius 3 is 3.08 bits per heavy atom. The molecule has 0 radical (unpaired) electrons. The second kappa shape index (κ2) is 7.28. The molecule has 0 aliphatic carbocycles. The number of aromatic nitrogens is 4. The number of anilines is 2. The van der Waals surface area contributed by atoms with E-state index in [4.69, 9.17) is 9.72 Å². The van der Waals surface area contributed by atoms with E-state index in [2.05, 4.69) is 25.6 Å². The van der Waals surface area contributed by atoms with E-state index >= 15 is 0 Å². The summed E-state index contributed by atoms with van der Waals surface area (Å²) in [7, 11) is 1.58. The van der Waals surface area contributed by atoms with Crippen molar-refractivity contribution >= 4 is 17.8 Å². The highest BCUT2D eigenvalue weighted by molar-refractivity contribution is 5.87. The highest BCUT2D eigenvalue weighted by Crippen LogP contribution is 2.28. The summed E-state index contributed by atoms with van der Waals surface area (Å²) in [6.07, 6.45) is 5.19. The summed E-state index contributed by atoms with van der Waals surface area (Å²) < 4.78 is 7.76. The van der Waals surface area contributed by atoms with Crippen LogP contribution in [0.25, 0.3) is 0 Å². The number of nitrogens with zero attached hydrogens (tertiary/aromatic N) is 5. The molecule has 1 atom stereocenters. The third-order valence-corrected chi connectivity index (χ3v) is 4.72. The summed E-state index contributed by atoms with van der Waals surface area (Å²) in [6, 6.07) is 3.55. The first-order valence-electron chi connectivity index (χ1n) is 8.98. The van der Waals surface area contributed by atoms with E-state index in [-0.39, 0.29) is 12.1 Å². The number of urea groups is 1. The first kappa shape index (κ1) is 16.8. The maximum Gasteiger partial charge on any atom is 0.320 e. The minimum atomic E-state index is -0.277. The highest BCUT2D eigenvalue weighted by Gasteiger charge is 2.23. The molecule has 0 spiro atoms. The molecule has 1 saturated heterocycles. The van der Waals surface area contributed by atoms with Crippen LogP contribution < -0.4 is 15.5 Å². The fourth-order valence-electron chi connectivity index (χ4n) is 3.34. The molecule has 1 unspecified atom stereocenters. The Morgan fingerprint density at radius 2 is 2.27 bits per heavy atom. The van der Waals surface area contributed by atoms with Gasteiger partial charge in [-0.2, -0.15) is 5.10 Å². The maximum absolute atomic E-state index is 11.5. The predicted molar refractivity (Wildman–Crippen MR) is 95.9 cm³/mol. The van der Waals surface area contributed by atoms with Crippen LogP contribution in [0.2, 0.25) is 0 Å². The number of amides is 2. The molecule has 4 heterocycles. The monoisotopic (exact) mass is 357 g/mol. The van der Waals surface area contributed by atoms with Gasteiger partial charge in [-0.3, -0.25) is 10.00 Å². The van der Waals surface area contributed by atoms with Crippen molar-refractivity contribution in [2.75, 3.05) is 30.4 Å². The first-order valence-corrected chi connectivity index (χ1v) is 8.98. The molecule has 1 fully saturated rings. The number of hydrogen-bond acceptors (Lipinski definition) is 6. The van der Waals surface area contributed by atoms with E-state index in [1.165, 1.54) is 6.42 Å². The van der Waals surface area contributed by atoms with Gasteiger partial charge in [0.05, 0.1) is 30.6 Å². The number of carbonyl (C=O) groups is 1. The van der Waals surface area contributed by atoms with Crippen LogP contribution in [0.5, 0.6) is 0 Å². The van der Waals surface area contributed by atoms with Gasteiger partial charge in [0.1, 0.15) is 0 Å². The van der Waals surface area contributed by atoms with Gasteiger partial charge in [0.15, 0.2) is 5.82 Å². The third-order valence-electron chi connectivity index (χ3n) is 4.72. The van der Waals surface area contributed by atoms with E-state index in [1.54, 1.807) is 13.2 Å². The van der Waals surface area contributed by atoms with Crippen molar-refractivity contribution in [1.29, 1.82) is 0 Å². The van der Waals surface area contributed by atoms with Crippen molar-refractivity contribution in [3.8, 4) is 0 Å². The Kier molecular flexibility index (Phi) is 4.70. The zero-order valence-corrected chi connectivity index (χ0v) is 14.8. The van der Waals surface area contributed by atoms with E-state index in [0.717, 1.165) is 43.9 Å². The van der Waals surface area contributed by atoms with Crippen molar-refractivity contribution in [2.45, 2.75) is 38.5 Å². The molecule has 0 saturated carbocycles. The first-order chi connectivity index (χ1) is 12.7. The maximum atomic E-state index is 11.5. The van der Waals surface area contributed by atoms with E-state index < -0.39 is 0 Å². The molecular formula is C17H23N7O2. The van der Waals surface area contributed by atoms with Gasteiger partial charge in [0.2, 0.25) is 5.95 Å². The third kappa shape index (κ3) is 3.48. The smallest absolute Gasteiger partial charge is 0.320 e. The lowest BCUT2D eigenvalue weighted by molar-refractivity contribution is 0.0123. The van der Waals surface area contributed by atoms with Crippen molar-refractivity contribution < 1.29 is 9.53 Å². The SMILES string of the molecule is CNC(=O)Nc1cc2n(n1)CCN(c1nccc(C3CCCCO3)n1)C2. The summed E-state index contributed by atoms with van der Waals surface area (Å²) in [4.78, 5) is 22.8. The largest absolute Gasteiger partial charge is 0.372 e. The summed E-state index contributed by atoms with van der Waals surface area (Å²) in [6.45, 7) is 2.94. The van der Waals surface area contributed by atoms with Crippen molar-refractivity contribution in [3.05, 3.63) is 29.7 Å². The highest BCUT2D eigenvalue weighted by atomic mass is 16.5. The molecule has 2 aliphatic rings. The number of rotatable bonds is 3. The fraction of sp³-hybridized carbons (Fsp3) is 0.529. The molecule has 9 nitrogen and oxygen atoms in total. The van der Waals surface area contributed by atoms with Gasteiger partial charge in [-0.15, -0.1) is 0 Å². The molecule has 2 amide bonds. The van der Waals surface area contributed by atoms with E-state index in [0.29, 0.717) is 18.3 Å². The van der Waals surface area contributed by atoms with Crippen LogP contribution in [-0.4, -0.2) is 46.0 Å². The van der Waals surface area contributed by atoms with E-state index in [9.17, 15) is 4.79 Å². The molecule has 2 N–H and O–H groups in total. The zero-order valence-electron chi connectivity index (χ0n) is 14.8. The summed E-state index contributed by atoms with van der Waals surface area (Å²) >= 11 is 0. The van der Waals surface area contributed by atoms with Crippen LogP contribution in [0.4, 0.5) is 16.6 Å². The van der Waals surface area contributed by atoms with Crippen LogP contribution in [0.1, 0.15) is 36.8 Å². The van der Waals surface area contributed by atoms with Crippen molar-refractivity contribution in [3.63, 3.8) is 0 Å². The average Bonchev–Trinajstić information content (AvgIpc) is 3.10. The molecule has 2 aromatic heterocycles. The fourth-order valence-corrected chi connectivity index (χ4v) is 3.34. The van der Waals surface area contributed by atoms with Crippen LogP contribution in [0.15, 0.2) is 18.3 Å². The topological polar surface area (TPSA) is 97.2 Å². The van der Waals surface area contributed by atoms with Crippen LogP contribution in [-0.2, 0) is 17.8 Å². The molecular weight excluding hydrogens is 334 g/mol. The normalized spacial score (nSPS) is 19.7. The summed E-state index contributed by atoms with van der Waals surface area (Å²) in [5.41, 5.74) is 1.97. The predicted octanol–water partition coefficient (Wildman–Crippen LogP) is 1.69. The number of nitrogens with one attached hydrogen (secondary N) is 2. The number of fused-ring (bicyclic) bond motifs is 1. The Bertz CT molecular complexity index is 785. The molecule has 2 aromatic rings. The summed E-state index contributed by atoms with van der Waals surface area (Å²) in [5, 5.41) is 9.65. The molecule has 0 aromatic carbocycles. The Balaban J connectivity index is 1.49. The van der Waals surface area contributed by atoms with Gasteiger partial charge < -0.3 is 15.0 Å². The molecule has 2 aliphatic heterocycles.